The van der Waals surface area contributed by atoms with Crippen LogP contribution in [0, 0.1) is 0 Å². The van der Waals surface area contributed by atoms with Crippen LogP contribution < -0.4 is 5.32 Å². The number of carbonyl (C=O) groups is 3. The summed E-state index contributed by atoms with van der Waals surface area (Å²) in [5.74, 6) is -1.00. The molecule has 0 unspecified atom stereocenters. The molecule has 0 radical (unpaired) electrons. The number of benzene rings is 2. The fraction of sp³-hybridized carbons (Fsp3) is 0.375. The maximum Gasteiger partial charge on any atom is 0.407 e. The van der Waals surface area contributed by atoms with Crippen LogP contribution in [0.2, 0.25) is 0 Å². The van der Waals surface area contributed by atoms with Crippen molar-refractivity contribution in [2.75, 3.05) is 26.2 Å². The maximum absolute atomic E-state index is 12.3. The summed E-state index contributed by atoms with van der Waals surface area (Å²) < 4.78 is 5.46. The Balaban J connectivity index is 1.46. The quantitative estimate of drug-likeness (QED) is 0.607. The second kappa shape index (κ2) is 10.6. The summed E-state index contributed by atoms with van der Waals surface area (Å²) in [4.78, 5) is 36.6. The molecule has 0 spiro atoms. The Morgan fingerprint density at radius 3 is 2.19 bits per heavy atom. The van der Waals surface area contributed by atoms with Crippen molar-refractivity contribution in [1.82, 2.24) is 10.2 Å². The fourth-order valence-corrected chi connectivity index (χ4v) is 3.96. The summed E-state index contributed by atoms with van der Waals surface area (Å²) in [7, 11) is 0. The van der Waals surface area contributed by atoms with E-state index in [1.807, 2.05) is 31.2 Å². The van der Waals surface area contributed by atoms with Gasteiger partial charge in [0.25, 0.3) is 0 Å². The molecular weight excluding hydrogens is 396 g/mol. The third-order valence-electron chi connectivity index (χ3n) is 5.50. The summed E-state index contributed by atoms with van der Waals surface area (Å²) in [6.07, 6.45) is 0.0327. The SMILES string of the molecule is CCN(CCCC(=O)O)C(=O)CCNC(=O)OCC1c2ccccc2-c2ccccc21. The van der Waals surface area contributed by atoms with Crippen LogP contribution in [0.4, 0.5) is 4.79 Å². The van der Waals surface area contributed by atoms with Gasteiger partial charge in [0, 0.05) is 38.4 Å². The third-order valence-corrected chi connectivity index (χ3v) is 5.50. The highest BCUT2D eigenvalue weighted by atomic mass is 16.5. The first-order chi connectivity index (χ1) is 15.0. The largest absolute Gasteiger partial charge is 0.481 e. The number of carboxylic acids is 1. The lowest BCUT2D eigenvalue weighted by molar-refractivity contribution is -0.138. The Hall–Kier alpha value is -3.35. The minimum absolute atomic E-state index is 0.00963. The van der Waals surface area contributed by atoms with Crippen LogP contribution in [0.1, 0.15) is 43.2 Å². The Morgan fingerprint density at radius 1 is 1.00 bits per heavy atom. The molecule has 1 aliphatic rings. The molecule has 1 aliphatic carbocycles. The molecule has 2 aromatic rings. The molecule has 0 aromatic heterocycles. The van der Waals surface area contributed by atoms with Crippen molar-refractivity contribution in [3.8, 4) is 11.1 Å². The second-order valence-corrected chi connectivity index (χ2v) is 7.47. The summed E-state index contributed by atoms with van der Waals surface area (Å²) in [5, 5.41) is 11.3. The molecule has 0 aliphatic heterocycles. The van der Waals surface area contributed by atoms with Crippen molar-refractivity contribution < 1.29 is 24.2 Å². The smallest absolute Gasteiger partial charge is 0.407 e. The van der Waals surface area contributed by atoms with Crippen molar-refractivity contribution in [2.24, 2.45) is 0 Å². The average molecular weight is 424 g/mol. The Morgan fingerprint density at radius 2 is 1.61 bits per heavy atom. The van der Waals surface area contributed by atoms with E-state index in [1.165, 1.54) is 11.1 Å². The Kier molecular flexibility index (Phi) is 7.65. The molecule has 2 aromatic carbocycles. The van der Waals surface area contributed by atoms with Crippen LogP contribution in [-0.4, -0.2) is 54.2 Å². The Labute approximate surface area is 182 Å². The molecule has 0 heterocycles. The van der Waals surface area contributed by atoms with E-state index < -0.39 is 12.1 Å². The molecule has 0 atom stereocenters. The van der Waals surface area contributed by atoms with E-state index in [-0.39, 0.29) is 37.8 Å². The van der Waals surface area contributed by atoms with Gasteiger partial charge in [-0.05, 0) is 35.6 Å². The van der Waals surface area contributed by atoms with Gasteiger partial charge < -0.3 is 20.1 Å². The molecule has 3 rings (SSSR count). The third kappa shape index (κ3) is 5.63. The number of nitrogens with one attached hydrogen (secondary N) is 1. The second-order valence-electron chi connectivity index (χ2n) is 7.47. The van der Waals surface area contributed by atoms with Gasteiger partial charge in [0.2, 0.25) is 5.91 Å². The van der Waals surface area contributed by atoms with E-state index in [4.69, 9.17) is 9.84 Å². The molecule has 0 fully saturated rings. The van der Waals surface area contributed by atoms with Crippen LogP contribution in [0.5, 0.6) is 0 Å². The van der Waals surface area contributed by atoms with E-state index in [9.17, 15) is 14.4 Å². The van der Waals surface area contributed by atoms with E-state index in [1.54, 1.807) is 4.90 Å². The first-order valence-corrected chi connectivity index (χ1v) is 10.6. The number of rotatable bonds is 10. The Bertz CT molecular complexity index is 898. The highest BCUT2D eigenvalue weighted by Crippen LogP contribution is 2.44. The van der Waals surface area contributed by atoms with Crippen LogP contribution in [-0.2, 0) is 14.3 Å². The number of ether oxygens (including phenoxy) is 1. The molecule has 7 heteroatoms. The first kappa shape index (κ1) is 22.3. The number of amides is 2. The first-order valence-electron chi connectivity index (χ1n) is 10.6. The van der Waals surface area contributed by atoms with Crippen molar-refractivity contribution >= 4 is 18.0 Å². The van der Waals surface area contributed by atoms with E-state index >= 15 is 0 Å². The van der Waals surface area contributed by atoms with Gasteiger partial charge in [0.1, 0.15) is 6.61 Å². The number of fused-ring (bicyclic) bond motifs is 3. The van der Waals surface area contributed by atoms with Crippen molar-refractivity contribution in [2.45, 2.75) is 32.1 Å². The highest BCUT2D eigenvalue weighted by Gasteiger charge is 2.29. The highest BCUT2D eigenvalue weighted by molar-refractivity contribution is 5.79. The number of hydrogen-bond acceptors (Lipinski definition) is 4. The van der Waals surface area contributed by atoms with Gasteiger partial charge in [-0.3, -0.25) is 9.59 Å². The van der Waals surface area contributed by atoms with E-state index in [0.29, 0.717) is 19.5 Å². The average Bonchev–Trinajstić information content (AvgIpc) is 3.09. The predicted octanol–water partition coefficient (Wildman–Crippen LogP) is 3.63. The van der Waals surface area contributed by atoms with E-state index in [2.05, 4.69) is 29.6 Å². The lowest BCUT2D eigenvalue weighted by Gasteiger charge is -2.20. The molecule has 2 N–H and O–H groups in total. The predicted molar refractivity (Wildman–Crippen MR) is 117 cm³/mol. The van der Waals surface area contributed by atoms with Gasteiger partial charge in [0.05, 0.1) is 0 Å². The summed E-state index contributed by atoms with van der Waals surface area (Å²) >= 11 is 0. The molecule has 2 amide bonds. The molecule has 0 saturated carbocycles. The zero-order valence-corrected chi connectivity index (χ0v) is 17.7. The van der Waals surface area contributed by atoms with Gasteiger partial charge >= 0.3 is 12.1 Å². The van der Waals surface area contributed by atoms with Crippen LogP contribution in [0.3, 0.4) is 0 Å². The number of alkyl carbamates (subject to hydrolysis) is 1. The topological polar surface area (TPSA) is 95.9 Å². The van der Waals surface area contributed by atoms with Gasteiger partial charge in [-0.2, -0.15) is 0 Å². The van der Waals surface area contributed by atoms with Crippen LogP contribution in [0.25, 0.3) is 11.1 Å². The van der Waals surface area contributed by atoms with Gasteiger partial charge in [-0.1, -0.05) is 48.5 Å². The monoisotopic (exact) mass is 424 g/mol. The number of carbonyl (C=O) groups excluding carboxylic acids is 2. The number of aliphatic carboxylic acids is 1. The molecule has 7 nitrogen and oxygen atoms in total. The minimum atomic E-state index is -0.875. The molecule has 0 bridgehead atoms. The minimum Gasteiger partial charge on any atom is -0.481 e. The molecular formula is C24H28N2O5. The number of carboxylic acid groups (broad SMARTS) is 1. The maximum atomic E-state index is 12.3. The van der Waals surface area contributed by atoms with Gasteiger partial charge in [0.15, 0.2) is 0 Å². The van der Waals surface area contributed by atoms with Crippen molar-refractivity contribution in [3.05, 3.63) is 59.7 Å². The lowest BCUT2D eigenvalue weighted by atomic mass is 9.98. The summed E-state index contributed by atoms with van der Waals surface area (Å²) in [6.45, 7) is 3.14. The molecule has 0 saturated heterocycles. The summed E-state index contributed by atoms with van der Waals surface area (Å²) in [6, 6.07) is 16.3. The number of nitrogens with zero attached hydrogens (tertiary/aromatic N) is 1. The standard InChI is InChI=1S/C24H28N2O5/c1-2-26(15-7-12-23(28)29)22(27)13-14-25-24(30)31-16-21-19-10-5-3-8-17(19)18-9-4-6-11-20(18)21/h3-6,8-11,21H,2,7,12-16H2,1H3,(H,25,30)(H,28,29). The fourth-order valence-electron chi connectivity index (χ4n) is 3.96. The molecule has 164 valence electrons. The number of hydrogen-bond donors (Lipinski definition) is 2. The van der Waals surface area contributed by atoms with E-state index in [0.717, 1.165) is 11.1 Å². The zero-order valence-electron chi connectivity index (χ0n) is 17.7. The van der Waals surface area contributed by atoms with Gasteiger partial charge in [-0.15, -0.1) is 0 Å². The normalized spacial score (nSPS) is 12.0. The van der Waals surface area contributed by atoms with Crippen LogP contribution in [0.15, 0.2) is 48.5 Å². The zero-order chi connectivity index (χ0) is 22.2. The van der Waals surface area contributed by atoms with Gasteiger partial charge in [-0.25, -0.2) is 4.79 Å². The van der Waals surface area contributed by atoms with Crippen molar-refractivity contribution in [3.63, 3.8) is 0 Å². The van der Waals surface area contributed by atoms with Crippen LogP contribution >= 0.6 is 0 Å². The lowest BCUT2D eigenvalue weighted by Crippen LogP contribution is -2.35. The van der Waals surface area contributed by atoms with Crippen molar-refractivity contribution in [1.29, 1.82) is 0 Å². The summed E-state index contributed by atoms with van der Waals surface area (Å²) in [5.41, 5.74) is 4.62. The molecule has 31 heavy (non-hydrogen) atoms.